The van der Waals surface area contributed by atoms with Gasteiger partial charge in [-0.25, -0.2) is 0 Å². The first-order valence-electron chi connectivity index (χ1n) is 3.03. The fraction of sp³-hybridized carbons (Fsp3) is 0.143. The van der Waals surface area contributed by atoms with Crippen LogP contribution in [0.3, 0.4) is 0 Å². The number of rotatable bonds is 0. The molecule has 0 spiro atoms. The van der Waals surface area contributed by atoms with Gasteiger partial charge in [0.2, 0.25) is 0 Å². The average molecular weight is 250 g/mol. The Labute approximate surface area is 121 Å². The van der Waals surface area contributed by atoms with Crippen LogP contribution in [0, 0.1) is 6.92 Å². The first-order chi connectivity index (χ1) is 5.39. The molecule has 1 aromatic rings. The van der Waals surface area contributed by atoms with Crippen molar-refractivity contribution in [1.82, 2.24) is 0 Å². The van der Waals surface area contributed by atoms with Crippen molar-refractivity contribution in [2.75, 3.05) is 0 Å². The zero-order valence-corrected chi connectivity index (χ0v) is 11.7. The molecule has 0 aliphatic rings. The summed E-state index contributed by atoms with van der Waals surface area (Å²) in [6, 6.07) is 10.3. The first kappa shape index (κ1) is 16.2. The molecular weight excluding hydrogens is 242 g/mol. The molecule has 1 aromatic carbocycles. The third-order valence-corrected chi connectivity index (χ3v) is 0.940. The third kappa shape index (κ3) is 19.2. The Morgan fingerprint density at radius 2 is 1.38 bits per heavy atom. The minimum atomic E-state index is -5.62. The Hall–Kier alpha value is 0.736. The molecule has 0 aliphatic heterocycles. The fourth-order valence-electron chi connectivity index (χ4n) is 0.534. The fourth-order valence-corrected chi connectivity index (χ4v) is 0.534. The van der Waals surface area contributed by atoms with Gasteiger partial charge in [0.25, 0.3) is 0 Å². The van der Waals surface area contributed by atoms with E-state index in [0.29, 0.717) is 0 Å². The van der Waals surface area contributed by atoms with Crippen LogP contribution < -0.4 is 55.6 Å². The number of hydrogen-bond donors (Lipinski definition) is 0. The molecule has 13 heavy (non-hydrogen) atoms. The molecule has 0 amide bonds. The molecule has 0 bridgehead atoms. The molecular formula is C7H8KMnO4. The Balaban J connectivity index is 0. The van der Waals surface area contributed by atoms with E-state index < -0.39 is 13.0 Å². The summed E-state index contributed by atoms with van der Waals surface area (Å²) in [6.45, 7) is 2.08. The van der Waals surface area contributed by atoms with E-state index in [4.69, 9.17) is 15.7 Å². The van der Waals surface area contributed by atoms with Gasteiger partial charge in [-0.15, -0.1) is 0 Å². The summed E-state index contributed by atoms with van der Waals surface area (Å²) in [5.74, 6) is 0. The first-order valence-corrected chi connectivity index (χ1v) is 4.96. The normalized spacial score (nSPS) is 9.08. The van der Waals surface area contributed by atoms with Crippen LogP contribution in [0.15, 0.2) is 30.3 Å². The number of benzene rings is 1. The van der Waals surface area contributed by atoms with Crippen LogP contribution in [-0.2, 0) is 24.5 Å². The topological polar surface area (TPSA) is 74.3 Å². The quantitative estimate of drug-likeness (QED) is 0.475. The molecule has 0 heterocycles. The van der Waals surface area contributed by atoms with Gasteiger partial charge in [-0.3, -0.25) is 0 Å². The zero-order chi connectivity index (χ0) is 9.61. The van der Waals surface area contributed by atoms with Crippen molar-refractivity contribution < 1.29 is 80.0 Å². The van der Waals surface area contributed by atoms with Gasteiger partial charge in [-0.1, -0.05) is 35.9 Å². The van der Waals surface area contributed by atoms with Crippen LogP contribution in [0.5, 0.6) is 0 Å². The zero-order valence-electron chi connectivity index (χ0n) is 7.40. The van der Waals surface area contributed by atoms with Gasteiger partial charge >= 0.3 is 80.0 Å². The van der Waals surface area contributed by atoms with Gasteiger partial charge in [-0.2, -0.15) is 0 Å². The monoisotopic (exact) mass is 250 g/mol. The molecule has 0 radical (unpaired) electrons. The molecule has 0 atom stereocenters. The summed E-state index contributed by atoms with van der Waals surface area (Å²) < 4.78 is 34.3. The maximum atomic E-state index is 8.58. The van der Waals surface area contributed by atoms with Crippen LogP contribution >= 0.6 is 0 Å². The molecule has 0 N–H and O–H groups in total. The summed E-state index contributed by atoms with van der Waals surface area (Å²) in [4.78, 5) is 0. The molecule has 0 saturated carbocycles. The summed E-state index contributed by atoms with van der Waals surface area (Å²) in [5.41, 5.74) is 1.32. The van der Waals surface area contributed by atoms with Crippen molar-refractivity contribution in [3.05, 3.63) is 35.9 Å². The Kier molecular flexibility index (Phi) is 10.1. The van der Waals surface area contributed by atoms with E-state index in [1.807, 2.05) is 18.2 Å². The Bertz CT molecular complexity index is 351. The van der Waals surface area contributed by atoms with E-state index in [2.05, 4.69) is 19.1 Å². The summed E-state index contributed by atoms with van der Waals surface area (Å²) >= 11 is -5.62. The van der Waals surface area contributed by atoms with Crippen molar-refractivity contribution in [2.45, 2.75) is 6.92 Å². The van der Waals surface area contributed by atoms with E-state index in [9.17, 15) is 0 Å². The molecule has 0 aromatic heterocycles. The van der Waals surface area contributed by atoms with Crippen LogP contribution in [0.1, 0.15) is 5.56 Å². The standard InChI is InChI=1S/C7H8.K.Mn.4O/c1-7-5-3-2-4-6-7;;;;;;/h2-6H,1H3;;;;;;/q;+1;;;;;-1. The van der Waals surface area contributed by atoms with Crippen molar-refractivity contribution in [2.24, 2.45) is 0 Å². The predicted octanol–water partition coefficient (Wildman–Crippen LogP) is -2.55. The molecule has 0 saturated heterocycles. The van der Waals surface area contributed by atoms with Gasteiger partial charge in [0, 0.05) is 0 Å². The van der Waals surface area contributed by atoms with Crippen molar-refractivity contribution >= 4 is 0 Å². The summed E-state index contributed by atoms with van der Waals surface area (Å²) in [5, 5.41) is 0. The molecule has 0 unspecified atom stereocenters. The van der Waals surface area contributed by atoms with E-state index in [0.717, 1.165) is 0 Å². The van der Waals surface area contributed by atoms with Crippen LogP contribution in [-0.4, -0.2) is 0 Å². The van der Waals surface area contributed by atoms with Gasteiger partial charge in [0.1, 0.15) is 0 Å². The average Bonchev–Trinajstić information content (AvgIpc) is 1.85. The van der Waals surface area contributed by atoms with Crippen molar-refractivity contribution in [3.63, 3.8) is 0 Å². The van der Waals surface area contributed by atoms with E-state index in [-0.39, 0.29) is 51.4 Å². The second-order valence-corrected chi connectivity index (χ2v) is 3.21. The Morgan fingerprint density at radius 1 is 1.08 bits per heavy atom. The summed E-state index contributed by atoms with van der Waals surface area (Å²) in [7, 11) is 0. The second kappa shape index (κ2) is 8.08. The predicted molar refractivity (Wildman–Crippen MR) is 33.2 cm³/mol. The van der Waals surface area contributed by atoms with Crippen LogP contribution in [0.25, 0.3) is 0 Å². The minimum absolute atomic E-state index is 0. The van der Waals surface area contributed by atoms with Gasteiger partial charge in [-0.05, 0) is 6.92 Å². The van der Waals surface area contributed by atoms with Crippen LogP contribution in [0.4, 0.5) is 0 Å². The number of hydrogen-bond acceptors (Lipinski definition) is 4. The van der Waals surface area contributed by atoms with E-state index in [1.54, 1.807) is 0 Å². The van der Waals surface area contributed by atoms with Gasteiger partial charge in [0.15, 0.2) is 0 Å². The van der Waals surface area contributed by atoms with Crippen LogP contribution in [0.2, 0.25) is 0 Å². The third-order valence-electron chi connectivity index (χ3n) is 0.940. The molecule has 68 valence electrons. The second-order valence-electron chi connectivity index (χ2n) is 2.03. The van der Waals surface area contributed by atoms with Crippen molar-refractivity contribution in [1.29, 1.82) is 0 Å². The molecule has 1 rings (SSSR count). The van der Waals surface area contributed by atoms with E-state index in [1.165, 1.54) is 5.56 Å². The SMILES string of the molecule is Cc1ccccc1.[K+].[O]=[Mn](=[O])(=[O])[O-]. The molecule has 6 heteroatoms. The van der Waals surface area contributed by atoms with E-state index >= 15 is 0 Å². The molecule has 4 nitrogen and oxygen atoms in total. The molecule has 0 aliphatic carbocycles. The van der Waals surface area contributed by atoms with Crippen molar-refractivity contribution in [3.8, 4) is 0 Å². The molecule has 0 fully saturated rings. The Morgan fingerprint density at radius 3 is 1.54 bits per heavy atom. The maximum absolute atomic E-state index is 8.58. The summed E-state index contributed by atoms with van der Waals surface area (Å²) in [6.07, 6.45) is 0. The van der Waals surface area contributed by atoms with Gasteiger partial charge in [0.05, 0.1) is 0 Å². The number of aryl methyl sites for hydroxylation is 1. The van der Waals surface area contributed by atoms with Gasteiger partial charge < -0.3 is 0 Å².